The number of nitrogens with one attached hydrogen (secondary N) is 1. The van der Waals surface area contributed by atoms with Crippen LogP contribution >= 0.6 is 0 Å². The van der Waals surface area contributed by atoms with E-state index in [1.54, 1.807) is 30.3 Å². The highest BCUT2D eigenvalue weighted by Crippen LogP contribution is 2.43. The quantitative estimate of drug-likeness (QED) is 0.390. The largest absolute Gasteiger partial charge is 0.496 e. The lowest BCUT2D eigenvalue weighted by molar-refractivity contribution is -0.143. The zero-order valence-electron chi connectivity index (χ0n) is 20.4. The summed E-state index contributed by atoms with van der Waals surface area (Å²) in [4.78, 5) is 15.8. The molecular formula is C26H30F6N2O2. The van der Waals surface area contributed by atoms with Crippen molar-refractivity contribution in [3.8, 4) is 5.75 Å². The molecule has 1 heterocycles. The predicted molar refractivity (Wildman–Crippen MR) is 124 cm³/mol. The monoisotopic (exact) mass is 516 g/mol. The van der Waals surface area contributed by atoms with Crippen molar-refractivity contribution < 1.29 is 35.9 Å². The molecule has 0 spiro atoms. The molecule has 1 unspecified atom stereocenters. The van der Waals surface area contributed by atoms with Crippen LogP contribution in [0, 0.1) is 0 Å². The van der Waals surface area contributed by atoms with E-state index in [-0.39, 0.29) is 6.07 Å². The molecule has 198 valence electrons. The summed E-state index contributed by atoms with van der Waals surface area (Å²) in [6.45, 7) is 5.48. The molecule has 0 aromatic heterocycles. The van der Waals surface area contributed by atoms with Crippen LogP contribution in [0.5, 0.6) is 5.75 Å². The summed E-state index contributed by atoms with van der Waals surface area (Å²) in [6, 6.07) is 8.58. The third kappa shape index (κ3) is 5.48. The van der Waals surface area contributed by atoms with Crippen LogP contribution < -0.4 is 10.1 Å². The van der Waals surface area contributed by atoms with Crippen molar-refractivity contribution in [2.75, 3.05) is 20.2 Å². The van der Waals surface area contributed by atoms with Crippen LogP contribution in [0.15, 0.2) is 42.5 Å². The number of hydrogen-bond acceptors (Lipinski definition) is 3. The van der Waals surface area contributed by atoms with Gasteiger partial charge in [-0.05, 0) is 56.5 Å². The summed E-state index contributed by atoms with van der Waals surface area (Å²) in [5.74, 6) is -1.94. The number of amides is 1. The fraction of sp³-hybridized carbons (Fsp3) is 0.500. The van der Waals surface area contributed by atoms with Gasteiger partial charge in [-0.2, -0.15) is 26.3 Å². The molecule has 36 heavy (non-hydrogen) atoms. The summed E-state index contributed by atoms with van der Waals surface area (Å²) in [5, 5.41) is 2.77. The maximum atomic E-state index is 14.0. The number of likely N-dealkylation sites (tertiary alicyclic amines) is 1. The summed E-state index contributed by atoms with van der Waals surface area (Å²) in [7, 11) is 0.938. The fourth-order valence-electron chi connectivity index (χ4n) is 5.23. The Morgan fingerprint density at radius 2 is 1.56 bits per heavy atom. The van der Waals surface area contributed by atoms with Crippen molar-refractivity contribution in [3.63, 3.8) is 0 Å². The summed E-state index contributed by atoms with van der Waals surface area (Å²) in [5.41, 5.74) is -4.12. The van der Waals surface area contributed by atoms with Crippen molar-refractivity contribution in [2.24, 2.45) is 0 Å². The van der Waals surface area contributed by atoms with E-state index in [9.17, 15) is 31.1 Å². The number of methoxy groups -OCH3 is 1. The van der Waals surface area contributed by atoms with E-state index in [0.29, 0.717) is 24.5 Å². The van der Waals surface area contributed by atoms with Gasteiger partial charge in [0.2, 0.25) is 0 Å². The third-order valence-electron chi connectivity index (χ3n) is 7.09. The molecule has 10 heteroatoms. The number of nitrogens with zero attached hydrogens (tertiary/aromatic N) is 1. The number of carbonyl (C=O) groups is 1. The van der Waals surface area contributed by atoms with Crippen LogP contribution in [0.2, 0.25) is 0 Å². The Bertz CT molecular complexity index is 1040. The third-order valence-corrected chi connectivity index (χ3v) is 7.09. The van der Waals surface area contributed by atoms with Crippen molar-refractivity contribution in [1.82, 2.24) is 10.2 Å². The van der Waals surface area contributed by atoms with E-state index in [4.69, 9.17) is 4.74 Å². The maximum Gasteiger partial charge on any atom is 0.417 e. The van der Waals surface area contributed by atoms with Gasteiger partial charge in [-0.15, -0.1) is 0 Å². The molecule has 0 radical (unpaired) electrons. The van der Waals surface area contributed by atoms with Gasteiger partial charge in [-0.1, -0.05) is 44.2 Å². The zero-order chi connectivity index (χ0) is 26.7. The highest BCUT2D eigenvalue weighted by molar-refractivity contribution is 5.99. The molecule has 2 aromatic rings. The van der Waals surface area contributed by atoms with Gasteiger partial charge in [-0.25, -0.2) is 0 Å². The summed E-state index contributed by atoms with van der Waals surface area (Å²) >= 11 is 0. The van der Waals surface area contributed by atoms with Gasteiger partial charge in [0.15, 0.2) is 0 Å². The average Bonchev–Trinajstić information content (AvgIpc) is 3.38. The number of benzene rings is 2. The smallest absolute Gasteiger partial charge is 0.417 e. The van der Waals surface area contributed by atoms with Gasteiger partial charge < -0.3 is 10.1 Å². The minimum absolute atomic E-state index is 0.0394. The van der Waals surface area contributed by atoms with Crippen LogP contribution in [-0.2, 0) is 12.4 Å². The van der Waals surface area contributed by atoms with Gasteiger partial charge in [0.05, 0.1) is 29.8 Å². The molecule has 1 aliphatic rings. The molecule has 0 aliphatic carbocycles. The molecule has 1 saturated heterocycles. The van der Waals surface area contributed by atoms with E-state index in [0.717, 1.165) is 33.0 Å². The second kappa shape index (κ2) is 10.7. The van der Waals surface area contributed by atoms with E-state index in [1.807, 2.05) is 13.8 Å². The fourth-order valence-corrected chi connectivity index (χ4v) is 5.23. The lowest BCUT2D eigenvalue weighted by Gasteiger charge is -2.47. The zero-order valence-corrected chi connectivity index (χ0v) is 20.4. The maximum absolute atomic E-state index is 14.0. The Hall–Kier alpha value is -2.75. The number of ether oxygens (including phenoxy) is 1. The molecule has 1 N–H and O–H groups in total. The summed E-state index contributed by atoms with van der Waals surface area (Å²) < 4.78 is 86.7. The van der Waals surface area contributed by atoms with Crippen LogP contribution in [0.3, 0.4) is 0 Å². The van der Waals surface area contributed by atoms with Crippen LogP contribution in [0.25, 0.3) is 0 Å². The number of carbonyl (C=O) groups excluding carboxylic acids is 1. The first-order valence-corrected chi connectivity index (χ1v) is 11.9. The first-order chi connectivity index (χ1) is 16.9. The number of halogens is 6. The van der Waals surface area contributed by atoms with Crippen LogP contribution in [0.1, 0.15) is 72.6 Å². The number of hydrogen-bond donors (Lipinski definition) is 1. The molecule has 0 bridgehead atoms. The van der Waals surface area contributed by atoms with Gasteiger partial charge >= 0.3 is 12.4 Å². The lowest BCUT2D eigenvalue weighted by Crippen LogP contribution is -2.56. The highest BCUT2D eigenvalue weighted by Gasteiger charge is 2.46. The Kier molecular flexibility index (Phi) is 8.27. The molecule has 1 amide bonds. The predicted octanol–water partition coefficient (Wildman–Crippen LogP) is 6.86. The molecule has 2 aromatic carbocycles. The first kappa shape index (κ1) is 27.8. The Labute approximate surface area is 206 Å². The standard InChI is InChI=1S/C26H30F6N2O2/c1-4-24(5-2,34-13-9-10-14-34)22(17-11-7-6-8-12-17)33-23(35)21-19(26(30,31)32)15-18(25(27,28)29)16-20(21)36-3/h6-8,11-12,15-16,22H,4-5,9-10,13-14H2,1-3H3,(H,33,35). The highest BCUT2D eigenvalue weighted by atomic mass is 19.4. The molecule has 3 rings (SSSR count). The SMILES string of the molecule is CCC(CC)(C(NC(=O)c1c(OC)cc(C(F)(F)F)cc1C(F)(F)F)c1ccccc1)N1CCCC1. The molecular weight excluding hydrogens is 486 g/mol. The van der Waals surface area contributed by atoms with Gasteiger partial charge in [0.1, 0.15) is 5.75 Å². The Balaban J connectivity index is 2.17. The van der Waals surface area contributed by atoms with Crippen molar-refractivity contribution in [3.05, 3.63) is 64.7 Å². The average molecular weight is 517 g/mol. The number of alkyl halides is 6. The van der Waals surface area contributed by atoms with Gasteiger partial charge in [0.25, 0.3) is 5.91 Å². The van der Waals surface area contributed by atoms with Crippen LogP contribution in [-0.4, -0.2) is 36.5 Å². The second-order valence-electron chi connectivity index (χ2n) is 8.92. The van der Waals surface area contributed by atoms with Crippen molar-refractivity contribution >= 4 is 5.91 Å². The minimum atomic E-state index is -5.22. The van der Waals surface area contributed by atoms with Crippen molar-refractivity contribution in [1.29, 1.82) is 0 Å². The normalized spacial score (nSPS) is 16.1. The molecule has 4 nitrogen and oxygen atoms in total. The number of rotatable bonds is 8. The molecule has 1 atom stereocenters. The topological polar surface area (TPSA) is 41.6 Å². The van der Waals surface area contributed by atoms with Crippen molar-refractivity contribution in [2.45, 2.75) is 63.5 Å². The molecule has 1 fully saturated rings. The van der Waals surface area contributed by atoms with E-state index >= 15 is 0 Å². The molecule has 1 aliphatic heterocycles. The lowest BCUT2D eigenvalue weighted by atomic mass is 9.79. The second-order valence-corrected chi connectivity index (χ2v) is 8.92. The van der Waals surface area contributed by atoms with E-state index in [2.05, 4.69) is 10.2 Å². The Morgan fingerprint density at radius 1 is 0.972 bits per heavy atom. The van der Waals surface area contributed by atoms with Gasteiger partial charge in [0, 0.05) is 5.54 Å². The summed E-state index contributed by atoms with van der Waals surface area (Å²) in [6.07, 6.45) is -7.15. The van der Waals surface area contributed by atoms with Crippen LogP contribution in [0.4, 0.5) is 26.3 Å². The Morgan fingerprint density at radius 3 is 2.03 bits per heavy atom. The minimum Gasteiger partial charge on any atom is -0.496 e. The van der Waals surface area contributed by atoms with E-state index in [1.165, 1.54) is 0 Å². The van der Waals surface area contributed by atoms with E-state index < -0.39 is 52.3 Å². The van der Waals surface area contributed by atoms with Gasteiger partial charge in [-0.3, -0.25) is 9.69 Å². The first-order valence-electron chi connectivity index (χ1n) is 11.9. The molecule has 0 saturated carbocycles.